The highest BCUT2D eigenvalue weighted by molar-refractivity contribution is 5.95. The summed E-state index contributed by atoms with van der Waals surface area (Å²) in [6, 6.07) is 21.6. The summed E-state index contributed by atoms with van der Waals surface area (Å²) in [4.78, 5) is 26.5. The number of ether oxygens (including phenoxy) is 1. The van der Waals surface area contributed by atoms with Gasteiger partial charge in [0.15, 0.2) is 0 Å². The molecule has 0 fully saturated rings. The predicted molar refractivity (Wildman–Crippen MR) is 140 cm³/mol. The molecule has 0 radical (unpaired) electrons. The number of methoxy groups -OCH3 is 1. The molecule has 3 rings (SSSR count). The Morgan fingerprint density at radius 1 is 0.943 bits per heavy atom. The topological polar surface area (TPSA) is 78.9 Å². The van der Waals surface area contributed by atoms with E-state index in [1.54, 1.807) is 21.0 Å². The maximum atomic E-state index is 13.0. The molecule has 0 aliphatic carbocycles. The molecule has 0 aliphatic rings. The van der Waals surface area contributed by atoms with Crippen LogP contribution in [0.3, 0.4) is 0 Å². The van der Waals surface area contributed by atoms with Crippen molar-refractivity contribution < 1.29 is 19.4 Å². The van der Waals surface area contributed by atoms with E-state index in [1.165, 1.54) is 0 Å². The first-order valence-corrected chi connectivity index (χ1v) is 11.7. The quantitative estimate of drug-likeness (QED) is 0.399. The van der Waals surface area contributed by atoms with Gasteiger partial charge >= 0.3 is 5.97 Å². The summed E-state index contributed by atoms with van der Waals surface area (Å²) < 4.78 is 5.37. The van der Waals surface area contributed by atoms with Gasteiger partial charge in [-0.15, -0.1) is 0 Å². The number of aliphatic carboxylic acids is 1. The molecule has 3 aromatic rings. The fraction of sp³-hybridized carbons (Fsp3) is 0.310. The largest absolute Gasteiger partial charge is 0.496 e. The summed E-state index contributed by atoms with van der Waals surface area (Å²) >= 11 is 0. The van der Waals surface area contributed by atoms with Crippen molar-refractivity contribution in [3.63, 3.8) is 0 Å². The molecule has 6 heteroatoms. The van der Waals surface area contributed by atoms with E-state index in [4.69, 9.17) is 4.74 Å². The second-order valence-corrected chi connectivity index (χ2v) is 9.56. The number of hydrogen-bond acceptors (Lipinski definition) is 4. The molecule has 0 atom stereocenters. The number of aryl methyl sites for hydroxylation is 2. The highest BCUT2D eigenvalue weighted by Gasteiger charge is 2.27. The Balaban J connectivity index is 1.75. The van der Waals surface area contributed by atoms with Gasteiger partial charge in [-0.2, -0.15) is 0 Å². The van der Waals surface area contributed by atoms with Gasteiger partial charge in [-0.05, 0) is 80.6 Å². The van der Waals surface area contributed by atoms with Crippen LogP contribution in [0.5, 0.6) is 5.75 Å². The van der Waals surface area contributed by atoms with Gasteiger partial charge < -0.3 is 20.1 Å². The van der Waals surface area contributed by atoms with Gasteiger partial charge in [-0.3, -0.25) is 9.59 Å². The van der Waals surface area contributed by atoms with E-state index in [0.29, 0.717) is 13.0 Å². The van der Waals surface area contributed by atoms with E-state index in [-0.39, 0.29) is 12.5 Å². The summed E-state index contributed by atoms with van der Waals surface area (Å²) in [5.41, 5.74) is 4.79. The number of rotatable bonds is 10. The minimum absolute atomic E-state index is 0.110. The predicted octanol–water partition coefficient (Wildman–Crippen LogP) is 5.61. The Labute approximate surface area is 207 Å². The number of carboxylic acid groups (broad SMARTS) is 1. The highest BCUT2D eigenvalue weighted by atomic mass is 16.5. The number of carbonyl (C=O) groups is 2. The lowest BCUT2D eigenvalue weighted by molar-refractivity contribution is -0.146. The number of para-hydroxylation sites is 1. The van der Waals surface area contributed by atoms with E-state index in [1.807, 2.05) is 85.5 Å². The van der Waals surface area contributed by atoms with Crippen LogP contribution in [0.2, 0.25) is 0 Å². The second kappa shape index (κ2) is 11.1. The Bertz CT molecular complexity index is 1170. The van der Waals surface area contributed by atoms with Gasteiger partial charge in [0.25, 0.3) is 0 Å². The number of carboxylic acids is 1. The lowest BCUT2D eigenvalue weighted by atomic mass is 9.86. The van der Waals surface area contributed by atoms with Gasteiger partial charge in [-0.1, -0.05) is 42.5 Å². The van der Waals surface area contributed by atoms with Crippen LogP contribution in [0, 0.1) is 19.3 Å². The first-order valence-electron chi connectivity index (χ1n) is 11.7. The van der Waals surface area contributed by atoms with Crippen molar-refractivity contribution in [3.05, 3.63) is 89.0 Å². The van der Waals surface area contributed by atoms with Crippen molar-refractivity contribution >= 4 is 23.3 Å². The SMILES string of the molecule is COc1cc(C)c(NC(=O)CN(Cc2ccc(CC(C)(C)C(=O)O)cc2)c2ccccc2)cc1C. The first kappa shape index (κ1) is 25.8. The van der Waals surface area contributed by atoms with Crippen molar-refractivity contribution in [2.45, 2.75) is 40.7 Å². The highest BCUT2D eigenvalue weighted by Crippen LogP contribution is 2.27. The van der Waals surface area contributed by atoms with E-state index in [0.717, 1.165) is 39.4 Å². The molecular formula is C29H34N2O4. The van der Waals surface area contributed by atoms with Crippen LogP contribution in [0.15, 0.2) is 66.7 Å². The maximum Gasteiger partial charge on any atom is 0.309 e. The van der Waals surface area contributed by atoms with Crippen LogP contribution in [0.4, 0.5) is 11.4 Å². The van der Waals surface area contributed by atoms with Crippen LogP contribution >= 0.6 is 0 Å². The van der Waals surface area contributed by atoms with Crippen LogP contribution < -0.4 is 15.0 Å². The fourth-order valence-corrected chi connectivity index (χ4v) is 3.95. The number of nitrogens with zero attached hydrogens (tertiary/aromatic N) is 1. The van der Waals surface area contributed by atoms with Crippen LogP contribution in [-0.4, -0.2) is 30.6 Å². The van der Waals surface area contributed by atoms with Crippen LogP contribution in [-0.2, 0) is 22.6 Å². The fourth-order valence-electron chi connectivity index (χ4n) is 3.95. The summed E-state index contributed by atoms with van der Waals surface area (Å²) in [6.07, 6.45) is 0.452. The molecule has 0 saturated carbocycles. The Kier molecular flexibility index (Phi) is 8.18. The molecule has 0 heterocycles. The smallest absolute Gasteiger partial charge is 0.309 e. The van der Waals surface area contributed by atoms with Gasteiger partial charge in [0, 0.05) is 17.9 Å². The zero-order chi connectivity index (χ0) is 25.6. The van der Waals surface area contributed by atoms with Gasteiger partial charge in [-0.25, -0.2) is 0 Å². The zero-order valence-corrected chi connectivity index (χ0v) is 21.1. The molecule has 0 spiro atoms. The molecule has 0 unspecified atom stereocenters. The number of carbonyl (C=O) groups excluding carboxylic acids is 1. The molecule has 0 aliphatic heterocycles. The molecule has 3 aromatic carbocycles. The molecule has 0 saturated heterocycles. The van der Waals surface area contributed by atoms with E-state index < -0.39 is 11.4 Å². The number of nitrogens with one attached hydrogen (secondary N) is 1. The summed E-state index contributed by atoms with van der Waals surface area (Å²) in [7, 11) is 1.64. The number of benzene rings is 3. The van der Waals surface area contributed by atoms with Crippen molar-refractivity contribution in [2.75, 3.05) is 23.9 Å². The molecule has 0 aromatic heterocycles. The first-order chi connectivity index (χ1) is 16.6. The lowest BCUT2D eigenvalue weighted by Gasteiger charge is -2.25. The molecule has 6 nitrogen and oxygen atoms in total. The van der Waals surface area contributed by atoms with Crippen molar-refractivity contribution in [3.8, 4) is 5.75 Å². The summed E-state index contributed by atoms with van der Waals surface area (Å²) in [5.74, 6) is -0.131. The standard InChI is InChI=1S/C29H34N2O4/c1-20-16-26(35-5)21(2)15-25(20)30-27(32)19-31(24-9-7-6-8-10-24)18-23-13-11-22(12-14-23)17-29(3,4)28(33)34/h6-16H,17-19H2,1-5H3,(H,30,32)(H,33,34). The molecular weight excluding hydrogens is 440 g/mol. The molecule has 1 amide bonds. The Morgan fingerprint density at radius 3 is 2.17 bits per heavy atom. The summed E-state index contributed by atoms with van der Waals surface area (Å²) in [5, 5.41) is 12.4. The third kappa shape index (κ3) is 6.85. The minimum Gasteiger partial charge on any atom is -0.496 e. The average Bonchev–Trinajstić information content (AvgIpc) is 2.82. The number of hydrogen-bond donors (Lipinski definition) is 2. The number of amides is 1. The van der Waals surface area contributed by atoms with E-state index >= 15 is 0 Å². The third-order valence-corrected chi connectivity index (χ3v) is 6.09. The molecule has 0 bridgehead atoms. The lowest BCUT2D eigenvalue weighted by Crippen LogP contribution is -2.33. The van der Waals surface area contributed by atoms with E-state index in [9.17, 15) is 14.7 Å². The normalized spacial score (nSPS) is 11.1. The van der Waals surface area contributed by atoms with Crippen molar-refractivity contribution in [1.29, 1.82) is 0 Å². The monoisotopic (exact) mass is 474 g/mol. The molecule has 35 heavy (non-hydrogen) atoms. The number of anilines is 2. The Morgan fingerprint density at radius 2 is 1.57 bits per heavy atom. The third-order valence-electron chi connectivity index (χ3n) is 6.09. The Hall–Kier alpha value is -3.80. The van der Waals surface area contributed by atoms with Gasteiger partial charge in [0.2, 0.25) is 5.91 Å². The van der Waals surface area contributed by atoms with Gasteiger partial charge in [0.1, 0.15) is 5.75 Å². The van der Waals surface area contributed by atoms with Crippen molar-refractivity contribution in [1.82, 2.24) is 0 Å². The molecule has 2 N–H and O–H groups in total. The molecule has 184 valence electrons. The minimum atomic E-state index is -0.826. The van der Waals surface area contributed by atoms with Crippen LogP contribution in [0.25, 0.3) is 0 Å². The maximum absolute atomic E-state index is 13.0. The average molecular weight is 475 g/mol. The second-order valence-electron chi connectivity index (χ2n) is 9.56. The summed E-state index contributed by atoms with van der Waals surface area (Å²) in [6.45, 7) is 8.07. The van der Waals surface area contributed by atoms with Crippen LogP contribution in [0.1, 0.15) is 36.1 Å². The van der Waals surface area contributed by atoms with Crippen molar-refractivity contribution in [2.24, 2.45) is 5.41 Å². The van der Waals surface area contributed by atoms with E-state index in [2.05, 4.69) is 5.32 Å². The zero-order valence-electron chi connectivity index (χ0n) is 21.1. The van der Waals surface area contributed by atoms with Gasteiger partial charge in [0.05, 0.1) is 19.1 Å².